The van der Waals surface area contributed by atoms with Crippen LogP contribution in [-0.2, 0) is 19.6 Å². The average molecular weight is 295 g/mol. The SMILES string of the molecule is Cc1nc(CNC(=O)c2ccc3c(c2)CNC3)no1.Cl. The molecule has 0 atom stereocenters. The molecule has 1 aliphatic rings. The highest BCUT2D eigenvalue weighted by atomic mass is 35.5. The van der Waals surface area contributed by atoms with Crippen LogP contribution >= 0.6 is 12.4 Å². The molecule has 0 bridgehead atoms. The van der Waals surface area contributed by atoms with Crippen LogP contribution in [-0.4, -0.2) is 16.0 Å². The number of amides is 1. The Morgan fingerprint density at radius 3 is 2.95 bits per heavy atom. The number of halogens is 1. The summed E-state index contributed by atoms with van der Waals surface area (Å²) in [5.41, 5.74) is 3.09. The topological polar surface area (TPSA) is 80.0 Å². The maximum atomic E-state index is 12.0. The molecule has 0 fully saturated rings. The van der Waals surface area contributed by atoms with Crippen molar-refractivity contribution < 1.29 is 9.32 Å². The van der Waals surface area contributed by atoms with Crippen molar-refractivity contribution in [3.63, 3.8) is 0 Å². The van der Waals surface area contributed by atoms with E-state index in [4.69, 9.17) is 4.52 Å². The standard InChI is InChI=1S/C13H14N4O2.ClH/c1-8-16-12(17-19-8)7-15-13(18)9-2-3-10-5-14-6-11(10)4-9;/h2-4,14H,5-7H2,1H3,(H,15,18);1H. The van der Waals surface area contributed by atoms with E-state index in [0.717, 1.165) is 13.1 Å². The monoisotopic (exact) mass is 294 g/mol. The molecule has 0 spiro atoms. The minimum Gasteiger partial charge on any atom is -0.345 e. The van der Waals surface area contributed by atoms with Gasteiger partial charge in [-0.25, -0.2) is 0 Å². The van der Waals surface area contributed by atoms with Gasteiger partial charge in [0.15, 0.2) is 5.82 Å². The Morgan fingerprint density at radius 2 is 2.20 bits per heavy atom. The van der Waals surface area contributed by atoms with Crippen LogP contribution in [0, 0.1) is 6.92 Å². The van der Waals surface area contributed by atoms with E-state index in [9.17, 15) is 4.79 Å². The maximum Gasteiger partial charge on any atom is 0.251 e. The third-order valence-electron chi connectivity index (χ3n) is 3.08. The number of hydrogen-bond acceptors (Lipinski definition) is 5. The summed E-state index contributed by atoms with van der Waals surface area (Å²) >= 11 is 0. The van der Waals surface area contributed by atoms with Gasteiger partial charge >= 0.3 is 0 Å². The largest absolute Gasteiger partial charge is 0.345 e. The van der Waals surface area contributed by atoms with Crippen molar-refractivity contribution in [2.24, 2.45) is 0 Å². The van der Waals surface area contributed by atoms with Gasteiger partial charge < -0.3 is 15.2 Å². The lowest BCUT2D eigenvalue weighted by Gasteiger charge is -2.04. The van der Waals surface area contributed by atoms with Gasteiger partial charge in [0, 0.05) is 25.6 Å². The lowest BCUT2D eigenvalue weighted by molar-refractivity contribution is 0.0949. The molecule has 2 N–H and O–H groups in total. The molecule has 1 aromatic carbocycles. The highest BCUT2D eigenvalue weighted by Gasteiger charge is 2.13. The van der Waals surface area contributed by atoms with E-state index < -0.39 is 0 Å². The Kier molecular flexibility index (Phi) is 4.36. The second-order valence-corrected chi connectivity index (χ2v) is 4.50. The Labute approximate surface area is 122 Å². The Hall–Kier alpha value is -1.92. The molecule has 6 nitrogen and oxygen atoms in total. The highest BCUT2D eigenvalue weighted by molar-refractivity contribution is 5.94. The van der Waals surface area contributed by atoms with Crippen LogP contribution in [0.3, 0.4) is 0 Å². The number of aromatic nitrogens is 2. The number of hydrogen-bond donors (Lipinski definition) is 2. The summed E-state index contributed by atoms with van der Waals surface area (Å²) in [5, 5.41) is 9.75. The number of carbonyl (C=O) groups excluding carboxylic acids is 1. The van der Waals surface area contributed by atoms with Crippen LogP contribution in [0.5, 0.6) is 0 Å². The van der Waals surface area contributed by atoms with Crippen LogP contribution in [0.2, 0.25) is 0 Å². The minimum absolute atomic E-state index is 0. The van der Waals surface area contributed by atoms with Gasteiger partial charge in [-0.05, 0) is 23.3 Å². The zero-order valence-electron chi connectivity index (χ0n) is 11.0. The lowest BCUT2D eigenvalue weighted by atomic mass is 10.1. The maximum absolute atomic E-state index is 12.0. The molecule has 2 heterocycles. The van der Waals surface area contributed by atoms with Gasteiger partial charge in [0.05, 0.1) is 6.54 Å². The first-order valence-corrected chi connectivity index (χ1v) is 6.12. The molecule has 0 saturated carbocycles. The van der Waals surface area contributed by atoms with Crippen LogP contribution < -0.4 is 10.6 Å². The average Bonchev–Trinajstić information content (AvgIpc) is 3.03. The van der Waals surface area contributed by atoms with E-state index in [1.807, 2.05) is 18.2 Å². The summed E-state index contributed by atoms with van der Waals surface area (Å²) in [6, 6.07) is 5.75. The molecule has 1 amide bonds. The van der Waals surface area contributed by atoms with Gasteiger partial charge in [-0.2, -0.15) is 4.98 Å². The van der Waals surface area contributed by atoms with Crippen molar-refractivity contribution in [1.82, 2.24) is 20.8 Å². The van der Waals surface area contributed by atoms with Gasteiger partial charge in [-0.1, -0.05) is 11.2 Å². The van der Waals surface area contributed by atoms with Crippen LogP contribution in [0.1, 0.15) is 33.2 Å². The van der Waals surface area contributed by atoms with Gasteiger partial charge in [-0.3, -0.25) is 4.79 Å². The number of carbonyl (C=O) groups is 1. The second kappa shape index (κ2) is 6.02. The highest BCUT2D eigenvalue weighted by Crippen LogP contribution is 2.16. The quantitative estimate of drug-likeness (QED) is 0.893. The summed E-state index contributed by atoms with van der Waals surface area (Å²) in [6.07, 6.45) is 0. The fourth-order valence-electron chi connectivity index (χ4n) is 2.11. The molecule has 1 aliphatic heterocycles. The molecule has 0 saturated heterocycles. The summed E-state index contributed by atoms with van der Waals surface area (Å²) in [4.78, 5) is 16.0. The van der Waals surface area contributed by atoms with Gasteiger partial charge in [0.2, 0.25) is 5.89 Å². The first-order chi connectivity index (χ1) is 9.22. The normalized spacial score (nSPS) is 12.7. The molecular formula is C13H15ClN4O2. The molecule has 1 aromatic heterocycles. The molecule has 3 rings (SSSR count). The zero-order valence-corrected chi connectivity index (χ0v) is 11.8. The molecular weight excluding hydrogens is 280 g/mol. The zero-order chi connectivity index (χ0) is 13.2. The Balaban J connectivity index is 0.00000147. The molecule has 0 radical (unpaired) electrons. The summed E-state index contributed by atoms with van der Waals surface area (Å²) < 4.78 is 4.84. The first kappa shape index (κ1) is 14.5. The van der Waals surface area contributed by atoms with E-state index in [-0.39, 0.29) is 24.9 Å². The van der Waals surface area contributed by atoms with Crippen molar-refractivity contribution in [3.05, 3.63) is 46.6 Å². The summed E-state index contributed by atoms with van der Waals surface area (Å²) in [7, 11) is 0. The van der Waals surface area contributed by atoms with Crippen LogP contribution in [0.4, 0.5) is 0 Å². The van der Waals surface area contributed by atoms with Crippen LogP contribution in [0.15, 0.2) is 22.7 Å². The fourth-order valence-corrected chi connectivity index (χ4v) is 2.11. The molecule has 7 heteroatoms. The molecule has 0 aliphatic carbocycles. The van der Waals surface area contributed by atoms with Crippen molar-refractivity contribution in [2.45, 2.75) is 26.6 Å². The third kappa shape index (κ3) is 2.97. The number of aryl methyl sites for hydroxylation is 1. The molecule has 106 valence electrons. The van der Waals surface area contributed by atoms with E-state index in [1.165, 1.54) is 11.1 Å². The number of fused-ring (bicyclic) bond motifs is 1. The number of nitrogens with one attached hydrogen (secondary N) is 2. The van der Waals surface area contributed by atoms with Crippen molar-refractivity contribution in [2.75, 3.05) is 0 Å². The summed E-state index contributed by atoms with van der Waals surface area (Å²) in [5.74, 6) is 0.846. The lowest BCUT2D eigenvalue weighted by Crippen LogP contribution is -2.23. The Morgan fingerprint density at radius 1 is 1.40 bits per heavy atom. The fraction of sp³-hybridized carbons (Fsp3) is 0.308. The van der Waals surface area contributed by atoms with E-state index in [0.29, 0.717) is 17.3 Å². The Bertz CT molecular complexity index is 627. The minimum atomic E-state index is -0.128. The van der Waals surface area contributed by atoms with E-state index in [1.54, 1.807) is 6.92 Å². The first-order valence-electron chi connectivity index (χ1n) is 6.12. The van der Waals surface area contributed by atoms with Gasteiger partial charge in [0.1, 0.15) is 0 Å². The summed E-state index contributed by atoms with van der Waals surface area (Å²) in [6.45, 7) is 3.68. The number of rotatable bonds is 3. The smallest absolute Gasteiger partial charge is 0.251 e. The molecule has 0 unspecified atom stereocenters. The van der Waals surface area contributed by atoms with E-state index >= 15 is 0 Å². The van der Waals surface area contributed by atoms with Crippen molar-refractivity contribution in [1.29, 1.82) is 0 Å². The number of nitrogens with zero attached hydrogens (tertiary/aromatic N) is 2. The number of benzene rings is 1. The van der Waals surface area contributed by atoms with E-state index in [2.05, 4.69) is 20.8 Å². The molecule has 2 aromatic rings. The second-order valence-electron chi connectivity index (χ2n) is 4.50. The predicted molar refractivity (Wildman–Crippen MR) is 74.4 cm³/mol. The molecule has 20 heavy (non-hydrogen) atoms. The van der Waals surface area contributed by atoms with Gasteiger partial charge in [-0.15, -0.1) is 12.4 Å². The van der Waals surface area contributed by atoms with Crippen molar-refractivity contribution in [3.8, 4) is 0 Å². The van der Waals surface area contributed by atoms with Gasteiger partial charge in [0.25, 0.3) is 5.91 Å². The third-order valence-corrected chi connectivity index (χ3v) is 3.08. The predicted octanol–water partition coefficient (Wildman–Crippen LogP) is 1.33. The van der Waals surface area contributed by atoms with Crippen LogP contribution in [0.25, 0.3) is 0 Å². The van der Waals surface area contributed by atoms with Crippen molar-refractivity contribution >= 4 is 18.3 Å².